The van der Waals surface area contributed by atoms with Crippen molar-refractivity contribution in [1.82, 2.24) is 9.97 Å². The molecule has 0 radical (unpaired) electrons. The molecule has 6 heteroatoms. The molecule has 0 spiro atoms. The van der Waals surface area contributed by atoms with E-state index in [1.54, 1.807) is 14.2 Å². The molecule has 1 aromatic carbocycles. The predicted molar refractivity (Wildman–Crippen MR) is 103 cm³/mol. The highest BCUT2D eigenvalue weighted by Crippen LogP contribution is 2.40. The van der Waals surface area contributed by atoms with Crippen LogP contribution in [0.5, 0.6) is 11.5 Å². The van der Waals surface area contributed by atoms with Crippen LogP contribution in [0.4, 0.5) is 17.5 Å². The third kappa shape index (κ3) is 4.00. The number of methoxy groups -OCH3 is 2. The van der Waals surface area contributed by atoms with Crippen LogP contribution >= 0.6 is 0 Å². The molecule has 26 heavy (non-hydrogen) atoms. The molecule has 1 aromatic heterocycles. The molecule has 2 aromatic rings. The van der Waals surface area contributed by atoms with Gasteiger partial charge in [-0.15, -0.1) is 0 Å². The summed E-state index contributed by atoms with van der Waals surface area (Å²) < 4.78 is 10.7. The van der Waals surface area contributed by atoms with Crippen molar-refractivity contribution in [2.24, 2.45) is 0 Å². The van der Waals surface area contributed by atoms with Gasteiger partial charge in [-0.3, -0.25) is 0 Å². The van der Waals surface area contributed by atoms with Gasteiger partial charge in [0.05, 0.1) is 19.9 Å². The summed E-state index contributed by atoms with van der Waals surface area (Å²) in [4.78, 5) is 9.45. The summed E-state index contributed by atoms with van der Waals surface area (Å²) in [7, 11) is 3.30. The molecule has 0 unspecified atom stereocenters. The maximum atomic E-state index is 5.35. The zero-order valence-corrected chi connectivity index (χ0v) is 15.4. The molecule has 2 N–H and O–H groups in total. The lowest BCUT2D eigenvalue weighted by Crippen LogP contribution is -2.17. The van der Waals surface area contributed by atoms with Crippen LogP contribution in [0.2, 0.25) is 0 Å². The van der Waals surface area contributed by atoms with E-state index in [9.17, 15) is 0 Å². The number of aromatic nitrogens is 2. The molecule has 0 amide bonds. The van der Waals surface area contributed by atoms with Gasteiger partial charge in [-0.05, 0) is 25.7 Å². The van der Waals surface area contributed by atoms with E-state index in [2.05, 4.69) is 16.7 Å². The van der Waals surface area contributed by atoms with Crippen molar-refractivity contribution < 1.29 is 9.47 Å². The first-order valence-corrected chi connectivity index (χ1v) is 9.39. The van der Waals surface area contributed by atoms with Gasteiger partial charge >= 0.3 is 0 Å². The average molecular weight is 354 g/mol. The van der Waals surface area contributed by atoms with Gasteiger partial charge in [-0.1, -0.05) is 12.8 Å². The van der Waals surface area contributed by atoms with Gasteiger partial charge in [0.25, 0.3) is 0 Å². The van der Waals surface area contributed by atoms with Crippen molar-refractivity contribution in [2.45, 2.75) is 50.5 Å². The Labute approximate surface area is 154 Å². The smallest absolute Gasteiger partial charge is 0.225 e. The van der Waals surface area contributed by atoms with E-state index in [0.717, 1.165) is 34.6 Å². The monoisotopic (exact) mass is 354 g/mol. The van der Waals surface area contributed by atoms with Crippen LogP contribution in [0.25, 0.3) is 0 Å². The second kappa shape index (κ2) is 7.40. The number of hydrogen-bond acceptors (Lipinski definition) is 6. The molecule has 0 atom stereocenters. The fourth-order valence-corrected chi connectivity index (χ4v) is 3.46. The fourth-order valence-electron chi connectivity index (χ4n) is 3.46. The number of rotatable bonds is 7. The Hall–Kier alpha value is -2.50. The summed E-state index contributed by atoms with van der Waals surface area (Å²) in [5.74, 6) is 3.60. The Morgan fingerprint density at radius 1 is 0.885 bits per heavy atom. The Balaban J connectivity index is 1.59. The van der Waals surface area contributed by atoms with E-state index < -0.39 is 0 Å². The third-order valence-electron chi connectivity index (χ3n) is 5.05. The molecule has 0 aliphatic heterocycles. The molecule has 2 fully saturated rings. The number of hydrogen-bond donors (Lipinski definition) is 2. The van der Waals surface area contributed by atoms with Crippen LogP contribution in [0, 0.1) is 0 Å². The maximum Gasteiger partial charge on any atom is 0.225 e. The van der Waals surface area contributed by atoms with Gasteiger partial charge in [0, 0.05) is 41.9 Å². The summed E-state index contributed by atoms with van der Waals surface area (Å²) in [6.07, 6.45) is 7.40. The number of anilines is 3. The molecule has 138 valence electrons. The second-order valence-electron chi connectivity index (χ2n) is 7.13. The summed E-state index contributed by atoms with van der Waals surface area (Å²) in [5.41, 5.74) is 2.01. The standard InChI is InChI=1S/C20H26N4O2/c1-25-16-9-15(10-17(11-16)26-2)21-19-12-18(13-7-8-13)23-20(24-19)22-14-5-3-4-6-14/h9-14H,3-8H2,1-2H3,(H2,21,22,23,24). The zero-order chi connectivity index (χ0) is 17.9. The van der Waals surface area contributed by atoms with Crippen LogP contribution in [0.15, 0.2) is 24.3 Å². The van der Waals surface area contributed by atoms with Crippen LogP contribution in [-0.2, 0) is 0 Å². The van der Waals surface area contributed by atoms with Crippen molar-refractivity contribution in [1.29, 1.82) is 0 Å². The Bertz CT molecular complexity index is 748. The van der Waals surface area contributed by atoms with Crippen molar-refractivity contribution in [3.05, 3.63) is 30.0 Å². The normalized spacial score (nSPS) is 17.2. The minimum Gasteiger partial charge on any atom is -0.497 e. The minimum atomic E-state index is 0.495. The quantitative estimate of drug-likeness (QED) is 0.765. The van der Waals surface area contributed by atoms with Gasteiger partial charge in [-0.25, -0.2) is 4.98 Å². The van der Waals surface area contributed by atoms with Crippen molar-refractivity contribution in [2.75, 3.05) is 24.9 Å². The number of benzene rings is 1. The van der Waals surface area contributed by atoms with Gasteiger partial charge < -0.3 is 20.1 Å². The Kier molecular flexibility index (Phi) is 4.82. The van der Waals surface area contributed by atoms with E-state index >= 15 is 0 Å². The molecule has 0 saturated heterocycles. The van der Waals surface area contributed by atoms with E-state index in [4.69, 9.17) is 19.4 Å². The van der Waals surface area contributed by atoms with E-state index in [-0.39, 0.29) is 0 Å². The van der Waals surface area contributed by atoms with Crippen LogP contribution in [-0.4, -0.2) is 30.2 Å². The van der Waals surface area contributed by atoms with Crippen LogP contribution in [0.1, 0.15) is 50.1 Å². The van der Waals surface area contributed by atoms with E-state index in [1.165, 1.54) is 38.5 Å². The highest BCUT2D eigenvalue weighted by Gasteiger charge is 2.27. The molecular weight excluding hydrogens is 328 g/mol. The van der Waals surface area contributed by atoms with E-state index in [1.807, 2.05) is 18.2 Å². The first-order valence-electron chi connectivity index (χ1n) is 9.39. The van der Waals surface area contributed by atoms with Crippen molar-refractivity contribution >= 4 is 17.5 Å². The molecule has 6 nitrogen and oxygen atoms in total. The number of nitrogens with one attached hydrogen (secondary N) is 2. The van der Waals surface area contributed by atoms with Gasteiger partial charge in [0.1, 0.15) is 17.3 Å². The highest BCUT2D eigenvalue weighted by atomic mass is 16.5. The summed E-state index contributed by atoms with van der Waals surface area (Å²) in [6, 6.07) is 8.28. The second-order valence-corrected chi connectivity index (χ2v) is 7.13. The van der Waals surface area contributed by atoms with Crippen LogP contribution < -0.4 is 20.1 Å². The first kappa shape index (κ1) is 16.9. The van der Waals surface area contributed by atoms with Gasteiger partial charge in [-0.2, -0.15) is 4.98 Å². The molecule has 1 heterocycles. The zero-order valence-electron chi connectivity index (χ0n) is 15.4. The number of nitrogens with zero attached hydrogens (tertiary/aromatic N) is 2. The maximum absolute atomic E-state index is 5.35. The molecule has 0 bridgehead atoms. The largest absolute Gasteiger partial charge is 0.497 e. The summed E-state index contributed by atoms with van der Waals surface area (Å²) >= 11 is 0. The lowest BCUT2D eigenvalue weighted by Gasteiger charge is -2.15. The number of ether oxygens (including phenoxy) is 2. The molecule has 2 aliphatic carbocycles. The first-order chi connectivity index (χ1) is 12.7. The minimum absolute atomic E-state index is 0.495. The van der Waals surface area contributed by atoms with Gasteiger partial charge in [0.2, 0.25) is 5.95 Å². The van der Waals surface area contributed by atoms with Crippen LogP contribution in [0.3, 0.4) is 0 Å². The average Bonchev–Trinajstić information content (AvgIpc) is 3.39. The molecule has 2 aliphatic rings. The highest BCUT2D eigenvalue weighted by molar-refractivity contribution is 5.62. The van der Waals surface area contributed by atoms with Gasteiger partial charge in [0.15, 0.2) is 0 Å². The predicted octanol–water partition coefficient (Wildman–Crippen LogP) is 4.47. The lowest BCUT2D eigenvalue weighted by atomic mass is 10.2. The topological polar surface area (TPSA) is 68.3 Å². The van der Waals surface area contributed by atoms with E-state index in [0.29, 0.717) is 12.0 Å². The fraction of sp³-hybridized carbons (Fsp3) is 0.500. The van der Waals surface area contributed by atoms with Crippen molar-refractivity contribution in [3.8, 4) is 11.5 Å². The summed E-state index contributed by atoms with van der Waals surface area (Å²) in [5, 5.41) is 6.91. The molecule has 4 rings (SSSR count). The molecule has 2 saturated carbocycles. The Morgan fingerprint density at radius 3 is 2.19 bits per heavy atom. The SMILES string of the molecule is COc1cc(Nc2cc(C3CC3)nc(NC3CCCC3)n2)cc(OC)c1. The third-order valence-corrected chi connectivity index (χ3v) is 5.05. The Morgan fingerprint density at radius 2 is 1.58 bits per heavy atom. The summed E-state index contributed by atoms with van der Waals surface area (Å²) in [6.45, 7) is 0. The van der Waals surface area contributed by atoms with Crippen molar-refractivity contribution in [3.63, 3.8) is 0 Å². The lowest BCUT2D eigenvalue weighted by molar-refractivity contribution is 0.395. The molecular formula is C20H26N4O2.